The highest BCUT2D eigenvalue weighted by molar-refractivity contribution is 6.19. The van der Waals surface area contributed by atoms with Gasteiger partial charge in [0.1, 0.15) is 0 Å². The molecule has 46 heavy (non-hydrogen) atoms. The zero-order chi connectivity index (χ0) is 30.5. The lowest BCUT2D eigenvalue weighted by molar-refractivity contribution is 0.841. The fourth-order valence-electron chi connectivity index (χ4n) is 7.58. The fourth-order valence-corrected chi connectivity index (χ4v) is 7.58. The van der Waals surface area contributed by atoms with E-state index >= 15 is 0 Å². The Labute approximate surface area is 268 Å². The van der Waals surface area contributed by atoms with Crippen LogP contribution in [0.2, 0.25) is 0 Å². The first-order valence-corrected chi connectivity index (χ1v) is 15.9. The number of rotatable bonds is 4. The predicted molar refractivity (Wildman–Crippen MR) is 193 cm³/mol. The van der Waals surface area contributed by atoms with E-state index in [1.807, 2.05) is 24.7 Å². The lowest BCUT2D eigenvalue weighted by Crippen LogP contribution is -2.07. The maximum absolute atomic E-state index is 4.93. The minimum Gasteiger partial charge on any atom is -0.265 e. The summed E-state index contributed by atoms with van der Waals surface area (Å²) in [6.45, 7) is 0. The number of hydrogen-bond acceptors (Lipinski definition) is 2. The monoisotopic (exact) mass is 586 g/mol. The molecule has 2 nitrogen and oxygen atoms in total. The van der Waals surface area contributed by atoms with Crippen molar-refractivity contribution in [1.82, 2.24) is 9.97 Å². The molecule has 2 heterocycles. The number of allylic oxidation sites excluding steroid dienone is 1. The summed E-state index contributed by atoms with van der Waals surface area (Å²) in [5.74, 6) is 0.300. The minimum absolute atomic E-state index is 0.300. The molecule has 2 heteroatoms. The molecule has 0 amide bonds. The van der Waals surface area contributed by atoms with Gasteiger partial charge < -0.3 is 0 Å². The standard InChI is InChI=1S/C44H30N2/c1-2-11-31-28-32(22-21-29(31)10-1)42-37-12-3-5-14-39(37)43(40-15-6-4-13-38(40)42)36-18-7-17-35-34(36)16-8-19-41(35)44-33(20-9-25-46-44)30-23-26-45-27-24-30/h1-27,32H,28H2. The predicted octanol–water partition coefficient (Wildman–Crippen LogP) is 11.3. The van der Waals surface area contributed by atoms with Gasteiger partial charge in [0.25, 0.3) is 0 Å². The fraction of sp³-hybridized carbons (Fsp3) is 0.0455. The molecule has 0 fully saturated rings. The van der Waals surface area contributed by atoms with Gasteiger partial charge in [0.15, 0.2) is 0 Å². The van der Waals surface area contributed by atoms with E-state index in [9.17, 15) is 0 Å². The Morgan fingerprint density at radius 3 is 1.85 bits per heavy atom. The first-order valence-electron chi connectivity index (χ1n) is 15.9. The number of aromatic nitrogens is 2. The summed E-state index contributed by atoms with van der Waals surface area (Å²) in [6, 6.07) is 48.4. The first kappa shape index (κ1) is 26.5. The van der Waals surface area contributed by atoms with E-state index in [1.165, 1.54) is 60.1 Å². The second kappa shape index (κ2) is 10.9. The summed E-state index contributed by atoms with van der Waals surface area (Å²) in [5, 5.41) is 7.64. The number of benzene rings is 6. The quantitative estimate of drug-likeness (QED) is 0.192. The smallest absolute Gasteiger partial charge is 0.0786 e. The Balaban J connectivity index is 1.30. The average Bonchev–Trinajstić information content (AvgIpc) is 3.13. The summed E-state index contributed by atoms with van der Waals surface area (Å²) in [5.41, 5.74) is 11.0. The molecule has 1 unspecified atom stereocenters. The van der Waals surface area contributed by atoms with Crippen molar-refractivity contribution < 1.29 is 0 Å². The third-order valence-electron chi connectivity index (χ3n) is 9.59. The van der Waals surface area contributed by atoms with Gasteiger partial charge in [-0.2, -0.15) is 0 Å². The van der Waals surface area contributed by atoms with E-state index in [-0.39, 0.29) is 0 Å². The Morgan fingerprint density at radius 2 is 1.09 bits per heavy atom. The third kappa shape index (κ3) is 4.26. The van der Waals surface area contributed by atoms with Gasteiger partial charge in [-0.1, -0.05) is 127 Å². The number of fused-ring (bicyclic) bond motifs is 4. The molecule has 0 aliphatic heterocycles. The van der Waals surface area contributed by atoms with Crippen LogP contribution >= 0.6 is 0 Å². The Kier molecular flexibility index (Phi) is 6.31. The van der Waals surface area contributed by atoms with Crippen LogP contribution in [0.1, 0.15) is 22.6 Å². The number of hydrogen-bond donors (Lipinski definition) is 0. The molecule has 1 aliphatic rings. The zero-order valence-corrected chi connectivity index (χ0v) is 25.3. The normalized spacial score (nSPS) is 14.1. The minimum atomic E-state index is 0.300. The second-order valence-electron chi connectivity index (χ2n) is 12.1. The van der Waals surface area contributed by atoms with Gasteiger partial charge in [-0.25, -0.2) is 0 Å². The van der Waals surface area contributed by atoms with Gasteiger partial charge in [-0.3, -0.25) is 9.97 Å². The highest BCUT2D eigenvalue weighted by Gasteiger charge is 2.23. The van der Waals surface area contributed by atoms with Crippen molar-refractivity contribution in [2.24, 2.45) is 0 Å². The van der Waals surface area contributed by atoms with E-state index in [0.717, 1.165) is 28.8 Å². The SMILES string of the molecule is C1=CC(c2c3ccccc3c(-c3cccc4c(-c5ncccc5-c5ccncc5)cccc34)c3ccccc23)Cc2ccccc21. The maximum Gasteiger partial charge on any atom is 0.0786 e. The van der Waals surface area contributed by atoms with Gasteiger partial charge in [-0.15, -0.1) is 0 Å². The van der Waals surface area contributed by atoms with Crippen molar-refractivity contribution in [3.8, 4) is 33.5 Å². The van der Waals surface area contributed by atoms with Gasteiger partial charge >= 0.3 is 0 Å². The second-order valence-corrected chi connectivity index (χ2v) is 12.1. The van der Waals surface area contributed by atoms with E-state index in [1.54, 1.807) is 0 Å². The molecular weight excluding hydrogens is 556 g/mol. The van der Waals surface area contributed by atoms with Gasteiger partial charge in [0.2, 0.25) is 0 Å². The highest BCUT2D eigenvalue weighted by atomic mass is 14.7. The largest absolute Gasteiger partial charge is 0.265 e. The average molecular weight is 587 g/mol. The van der Waals surface area contributed by atoms with Crippen LogP contribution in [-0.2, 0) is 6.42 Å². The van der Waals surface area contributed by atoms with Crippen LogP contribution in [0.15, 0.2) is 158 Å². The van der Waals surface area contributed by atoms with Gasteiger partial charge in [0, 0.05) is 35.6 Å². The summed E-state index contributed by atoms with van der Waals surface area (Å²) < 4.78 is 0. The molecule has 0 radical (unpaired) electrons. The van der Waals surface area contributed by atoms with Crippen molar-refractivity contribution in [3.63, 3.8) is 0 Å². The summed E-state index contributed by atoms with van der Waals surface area (Å²) in [4.78, 5) is 9.17. The van der Waals surface area contributed by atoms with Crippen molar-refractivity contribution in [3.05, 3.63) is 175 Å². The zero-order valence-electron chi connectivity index (χ0n) is 25.3. The number of pyridine rings is 2. The summed E-state index contributed by atoms with van der Waals surface area (Å²) in [7, 11) is 0. The topological polar surface area (TPSA) is 25.8 Å². The van der Waals surface area contributed by atoms with Crippen molar-refractivity contribution in [1.29, 1.82) is 0 Å². The molecule has 6 aromatic carbocycles. The van der Waals surface area contributed by atoms with Gasteiger partial charge in [-0.05, 0) is 90.3 Å². The van der Waals surface area contributed by atoms with Gasteiger partial charge in [0.05, 0.1) is 5.69 Å². The Morgan fingerprint density at radius 1 is 0.478 bits per heavy atom. The van der Waals surface area contributed by atoms with Crippen LogP contribution in [0.25, 0.3) is 71.9 Å². The lowest BCUT2D eigenvalue weighted by Gasteiger charge is -2.25. The molecule has 0 saturated heterocycles. The maximum atomic E-state index is 4.93. The molecule has 0 bridgehead atoms. The van der Waals surface area contributed by atoms with Crippen molar-refractivity contribution >= 4 is 38.4 Å². The number of nitrogens with zero attached hydrogens (tertiary/aromatic N) is 2. The molecule has 2 aromatic heterocycles. The van der Waals surface area contributed by atoms with E-state index in [2.05, 4.69) is 145 Å². The molecule has 216 valence electrons. The lowest BCUT2D eigenvalue weighted by atomic mass is 9.78. The Hall–Kier alpha value is -5.86. The molecule has 8 aromatic rings. The Bertz CT molecular complexity index is 2400. The van der Waals surface area contributed by atoms with Crippen molar-refractivity contribution in [2.45, 2.75) is 12.3 Å². The highest BCUT2D eigenvalue weighted by Crippen LogP contribution is 2.46. The van der Waals surface area contributed by atoms with E-state index in [4.69, 9.17) is 4.98 Å². The van der Waals surface area contributed by atoms with Crippen LogP contribution in [0.3, 0.4) is 0 Å². The van der Waals surface area contributed by atoms with Crippen LogP contribution in [0.5, 0.6) is 0 Å². The van der Waals surface area contributed by atoms with E-state index in [0.29, 0.717) is 5.92 Å². The summed E-state index contributed by atoms with van der Waals surface area (Å²) >= 11 is 0. The molecule has 0 N–H and O–H groups in total. The van der Waals surface area contributed by atoms with Crippen LogP contribution in [0, 0.1) is 0 Å². The van der Waals surface area contributed by atoms with Crippen LogP contribution in [-0.4, -0.2) is 9.97 Å². The first-order chi connectivity index (χ1) is 22.8. The van der Waals surface area contributed by atoms with Crippen molar-refractivity contribution in [2.75, 3.05) is 0 Å². The summed E-state index contributed by atoms with van der Waals surface area (Å²) in [6.07, 6.45) is 11.3. The molecular formula is C44H30N2. The molecule has 0 saturated carbocycles. The molecule has 1 atom stereocenters. The van der Waals surface area contributed by atoms with Crippen LogP contribution < -0.4 is 0 Å². The molecule has 9 rings (SSSR count). The van der Waals surface area contributed by atoms with E-state index < -0.39 is 0 Å². The molecule has 0 spiro atoms. The molecule has 1 aliphatic carbocycles. The third-order valence-corrected chi connectivity index (χ3v) is 9.59. The van der Waals surface area contributed by atoms with Crippen LogP contribution in [0.4, 0.5) is 0 Å².